The summed E-state index contributed by atoms with van der Waals surface area (Å²) in [6.07, 6.45) is 1.02. The highest BCUT2D eigenvalue weighted by Crippen LogP contribution is 2.21. The number of hydrogen-bond donors (Lipinski definition) is 3. The second kappa shape index (κ2) is 12.1. The fraction of sp³-hybridized carbons (Fsp3) is 0.571. The Morgan fingerprint density at radius 3 is 2.34 bits per heavy atom. The second-order valence-electron chi connectivity index (χ2n) is 7.62. The number of hydrogen-bond acceptors (Lipinski definition) is 5. The first-order valence-corrected chi connectivity index (χ1v) is 9.89. The number of ether oxygens (including phenoxy) is 1. The molecule has 0 aliphatic rings. The van der Waals surface area contributed by atoms with Gasteiger partial charge in [0.25, 0.3) is 0 Å². The number of nitrogens with zero attached hydrogens (tertiary/aromatic N) is 1. The zero-order valence-corrected chi connectivity index (χ0v) is 17.7. The van der Waals surface area contributed by atoms with Crippen molar-refractivity contribution in [1.29, 1.82) is 0 Å². The summed E-state index contributed by atoms with van der Waals surface area (Å²) in [7, 11) is 0. The summed E-state index contributed by atoms with van der Waals surface area (Å²) in [6.45, 7) is 6.97. The van der Waals surface area contributed by atoms with Gasteiger partial charge in [0.2, 0.25) is 11.8 Å². The van der Waals surface area contributed by atoms with E-state index >= 15 is 0 Å². The Bertz CT molecular complexity index is 658. The third kappa shape index (κ3) is 8.95. The lowest BCUT2D eigenvalue weighted by Crippen LogP contribution is -2.48. The molecule has 1 aromatic rings. The van der Waals surface area contributed by atoms with E-state index in [-0.39, 0.29) is 25.6 Å². The standard InChI is InChI=1S/C21H33N3O5/c1-5-6-12-22-19(27)18(16-10-8-7-9-11-16)24(13-14-25)17(26)15-23-20(28)29-21(2,3)4/h7-11,18,25H,5-6,12-15H2,1-4H3,(H,22,27)(H,23,28). The van der Waals surface area contributed by atoms with Crippen molar-refractivity contribution in [3.05, 3.63) is 35.9 Å². The molecule has 8 nitrogen and oxygen atoms in total. The maximum Gasteiger partial charge on any atom is 0.408 e. The molecule has 3 amide bonds. The fourth-order valence-electron chi connectivity index (χ4n) is 2.66. The van der Waals surface area contributed by atoms with Gasteiger partial charge in [-0.2, -0.15) is 0 Å². The lowest BCUT2D eigenvalue weighted by molar-refractivity contribution is -0.140. The van der Waals surface area contributed by atoms with E-state index in [1.54, 1.807) is 45.0 Å². The zero-order chi connectivity index (χ0) is 21.9. The van der Waals surface area contributed by atoms with Crippen LogP contribution in [-0.2, 0) is 14.3 Å². The van der Waals surface area contributed by atoms with Crippen LogP contribution in [0.1, 0.15) is 52.1 Å². The van der Waals surface area contributed by atoms with Gasteiger partial charge >= 0.3 is 6.09 Å². The molecule has 0 fully saturated rings. The van der Waals surface area contributed by atoms with Crippen molar-refractivity contribution in [3.8, 4) is 0 Å². The number of benzene rings is 1. The Kier molecular flexibility index (Phi) is 10.2. The summed E-state index contributed by atoms with van der Waals surface area (Å²) in [5.41, 5.74) is -0.0653. The first-order valence-electron chi connectivity index (χ1n) is 9.89. The van der Waals surface area contributed by atoms with Crippen LogP contribution in [0.5, 0.6) is 0 Å². The summed E-state index contributed by atoms with van der Waals surface area (Å²) in [4.78, 5) is 38.8. The molecule has 0 aromatic heterocycles. The van der Waals surface area contributed by atoms with Crippen LogP contribution in [0, 0.1) is 0 Å². The number of amides is 3. The third-order valence-corrected chi connectivity index (χ3v) is 3.95. The predicted molar refractivity (Wildman–Crippen MR) is 110 cm³/mol. The molecule has 1 atom stereocenters. The molecule has 0 saturated heterocycles. The topological polar surface area (TPSA) is 108 Å². The van der Waals surface area contributed by atoms with Gasteiger partial charge in [0, 0.05) is 13.1 Å². The number of carbonyl (C=O) groups is 3. The lowest BCUT2D eigenvalue weighted by atomic mass is 10.0. The average molecular weight is 408 g/mol. The molecule has 162 valence electrons. The minimum Gasteiger partial charge on any atom is -0.444 e. The first-order chi connectivity index (χ1) is 13.7. The first kappa shape index (κ1) is 24.4. The van der Waals surface area contributed by atoms with Crippen LogP contribution < -0.4 is 10.6 Å². The smallest absolute Gasteiger partial charge is 0.408 e. The average Bonchev–Trinajstić information content (AvgIpc) is 2.65. The molecule has 1 unspecified atom stereocenters. The van der Waals surface area contributed by atoms with Gasteiger partial charge in [-0.15, -0.1) is 0 Å². The van der Waals surface area contributed by atoms with Crippen molar-refractivity contribution in [2.24, 2.45) is 0 Å². The van der Waals surface area contributed by atoms with Gasteiger partial charge in [0.1, 0.15) is 18.2 Å². The van der Waals surface area contributed by atoms with Crippen molar-refractivity contribution < 1.29 is 24.2 Å². The molecule has 0 heterocycles. The third-order valence-electron chi connectivity index (χ3n) is 3.95. The number of aliphatic hydroxyl groups excluding tert-OH is 1. The van der Waals surface area contributed by atoms with Gasteiger partial charge < -0.3 is 25.4 Å². The number of unbranched alkanes of at least 4 members (excludes halogenated alkanes) is 1. The maximum absolute atomic E-state index is 12.9. The van der Waals surface area contributed by atoms with E-state index in [1.807, 2.05) is 13.0 Å². The van der Waals surface area contributed by atoms with E-state index in [0.29, 0.717) is 12.1 Å². The number of aliphatic hydroxyl groups is 1. The summed E-state index contributed by atoms with van der Waals surface area (Å²) in [6, 6.07) is 7.97. The van der Waals surface area contributed by atoms with Gasteiger partial charge in [-0.25, -0.2) is 4.79 Å². The van der Waals surface area contributed by atoms with Crippen molar-refractivity contribution >= 4 is 17.9 Å². The molecule has 1 rings (SSSR count). The largest absolute Gasteiger partial charge is 0.444 e. The van der Waals surface area contributed by atoms with Crippen LogP contribution in [0.2, 0.25) is 0 Å². The highest BCUT2D eigenvalue weighted by atomic mass is 16.6. The van der Waals surface area contributed by atoms with Gasteiger partial charge in [0.05, 0.1) is 6.61 Å². The number of nitrogens with one attached hydrogen (secondary N) is 2. The molecule has 3 N–H and O–H groups in total. The molecule has 0 bridgehead atoms. The molecule has 0 aliphatic heterocycles. The predicted octanol–water partition coefficient (Wildman–Crippen LogP) is 1.99. The number of alkyl carbamates (subject to hydrolysis) is 1. The summed E-state index contributed by atoms with van der Waals surface area (Å²) >= 11 is 0. The van der Waals surface area contributed by atoms with Crippen molar-refractivity contribution in [1.82, 2.24) is 15.5 Å². The minimum absolute atomic E-state index is 0.0460. The minimum atomic E-state index is -0.909. The summed E-state index contributed by atoms with van der Waals surface area (Å²) in [5.74, 6) is -0.826. The maximum atomic E-state index is 12.9. The monoisotopic (exact) mass is 407 g/mol. The van der Waals surface area contributed by atoms with E-state index < -0.39 is 23.6 Å². The molecule has 29 heavy (non-hydrogen) atoms. The zero-order valence-electron chi connectivity index (χ0n) is 17.7. The SMILES string of the molecule is CCCCNC(=O)C(c1ccccc1)N(CCO)C(=O)CNC(=O)OC(C)(C)C. The molecule has 0 radical (unpaired) electrons. The van der Waals surface area contributed by atoms with Crippen LogP contribution in [0.3, 0.4) is 0 Å². The quantitative estimate of drug-likeness (QED) is 0.514. The lowest BCUT2D eigenvalue weighted by Gasteiger charge is -2.31. The van der Waals surface area contributed by atoms with Gasteiger partial charge in [-0.05, 0) is 32.8 Å². The normalized spacial score (nSPS) is 12.0. The van der Waals surface area contributed by atoms with E-state index in [0.717, 1.165) is 12.8 Å². The van der Waals surface area contributed by atoms with Gasteiger partial charge in [0.15, 0.2) is 0 Å². The number of carbonyl (C=O) groups excluding carboxylic acids is 3. The Balaban J connectivity index is 2.98. The molecular weight excluding hydrogens is 374 g/mol. The molecule has 0 aliphatic carbocycles. The molecule has 1 aromatic carbocycles. The van der Waals surface area contributed by atoms with Gasteiger partial charge in [-0.3, -0.25) is 9.59 Å². The van der Waals surface area contributed by atoms with Crippen LogP contribution in [0.15, 0.2) is 30.3 Å². The van der Waals surface area contributed by atoms with E-state index in [9.17, 15) is 19.5 Å². The summed E-state index contributed by atoms with van der Waals surface area (Å²) in [5, 5.41) is 14.7. The molecular formula is C21H33N3O5. The fourth-order valence-corrected chi connectivity index (χ4v) is 2.66. The van der Waals surface area contributed by atoms with E-state index in [4.69, 9.17) is 4.74 Å². The van der Waals surface area contributed by atoms with Crippen LogP contribution in [0.25, 0.3) is 0 Å². The van der Waals surface area contributed by atoms with Crippen molar-refractivity contribution in [2.45, 2.75) is 52.2 Å². The highest BCUT2D eigenvalue weighted by molar-refractivity contribution is 5.90. The second-order valence-corrected chi connectivity index (χ2v) is 7.62. The van der Waals surface area contributed by atoms with Crippen molar-refractivity contribution in [2.75, 3.05) is 26.2 Å². The highest BCUT2D eigenvalue weighted by Gasteiger charge is 2.31. The van der Waals surface area contributed by atoms with Crippen LogP contribution in [0.4, 0.5) is 4.79 Å². The molecule has 0 spiro atoms. The Morgan fingerprint density at radius 2 is 1.79 bits per heavy atom. The van der Waals surface area contributed by atoms with Gasteiger partial charge in [-0.1, -0.05) is 43.7 Å². The molecule has 0 saturated carbocycles. The van der Waals surface area contributed by atoms with Crippen LogP contribution in [-0.4, -0.2) is 59.8 Å². The Labute approximate surface area is 172 Å². The van der Waals surface area contributed by atoms with E-state index in [1.165, 1.54) is 4.90 Å². The van der Waals surface area contributed by atoms with Crippen molar-refractivity contribution in [3.63, 3.8) is 0 Å². The number of rotatable bonds is 10. The molecule has 8 heteroatoms. The Morgan fingerprint density at radius 1 is 1.14 bits per heavy atom. The summed E-state index contributed by atoms with van der Waals surface area (Å²) < 4.78 is 5.14. The van der Waals surface area contributed by atoms with E-state index in [2.05, 4.69) is 10.6 Å². The Hall–Kier alpha value is -2.61. The van der Waals surface area contributed by atoms with Crippen LogP contribution >= 0.6 is 0 Å².